The van der Waals surface area contributed by atoms with Gasteiger partial charge in [-0.15, -0.1) is 0 Å². The number of hydrogen-bond donors (Lipinski definition) is 1. The summed E-state index contributed by atoms with van der Waals surface area (Å²) in [6.07, 6.45) is 1.32. The summed E-state index contributed by atoms with van der Waals surface area (Å²) >= 11 is 5.65. The average molecular weight is 322 g/mol. The summed E-state index contributed by atoms with van der Waals surface area (Å²) in [6, 6.07) is 3.38. The van der Waals surface area contributed by atoms with Gasteiger partial charge in [-0.05, 0) is 31.9 Å². The lowest BCUT2D eigenvalue weighted by molar-refractivity contribution is 0.0830. The van der Waals surface area contributed by atoms with Gasteiger partial charge in [-0.3, -0.25) is 0 Å². The fraction of sp³-hybridized carbons (Fsp3) is 0.538. The van der Waals surface area contributed by atoms with Crippen molar-refractivity contribution in [2.24, 2.45) is 0 Å². The first-order chi connectivity index (χ1) is 9.35. The number of rotatable bonds is 3. The summed E-state index contributed by atoms with van der Waals surface area (Å²) in [6.45, 7) is 1.83. The van der Waals surface area contributed by atoms with Crippen LogP contribution in [-0.4, -0.2) is 36.5 Å². The third-order valence-corrected chi connectivity index (χ3v) is 5.79. The van der Waals surface area contributed by atoms with Crippen molar-refractivity contribution in [1.29, 1.82) is 0 Å². The maximum absolute atomic E-state index is 14.0. The Kier molecular flexibility index (Phi) is 4.69. The average Bonchev–Trinajstić information content (AvgIpc) is 2.41. The molecule has 0 aromatic heterocycles. The third kappa shape index (κ3) is 2.83. The largest absolute Gasteiger partial charge is 0.392 e. The molecule has 0 radical (unpaired) electrons. The van der Waals surface area contributed by atoms with E-state index < -0.39 is 32.9 Å². The summed E-state index contributed by atoms with van der Waals surface area (Å²) in [5.74, 6) is -0.941. The van der Waals surface area contributed by atoms with Gasteiger partial charge in [0.1, 0.15) is 4.90 Å². The summed E-state index contributed by atoms with van der Waals surface area (Å²) in [5, 5.41) is 9.53. The molecule has 0 saturated carbocycles. The van der Waals surface area contributed by atoms with Gasteiger partial charge in [0.25, 0.3) is 0 Å². The van der Waals surface area contributed by atoms with Crippen molar-refractivity contribution in [2.75, 3.05) is 6.54 Å². The lowest BCUT2D eigenvalue weighted by Crippen LogP contribution is -2.48. The maximum Gasteiger partial charge on any atom is 0.246 e. The Bertz CT molecular complexity index is 591. The lowest BCUT2D eigenvalue weighted by Gasteiger charge is -2.36. The molecule has 7 heteroatoms. The smallest absolute Gasteiger partial charge is 0.246 e. The monoisotopic (exact) mass is 321 g/mol. The molecule has 1 fully saturated rings. The van der Waals surface area contributed by atoms with Crippen molar-refractivity contribution >= 4 is 21.6 Å². The Morgan fingerprint density at radius 2 is 2.15 bits per heavy atom. The molecule has 1 aliphatic rings. The molecule has 2 atom stereocenters. The van der Waals surface area contributed by atoms with E-state index in [1.54, 1.807) is 6.92 Å². The normalized spacial score (nSPS) is 22.7. The minimum absolute atomic E-state index is 0.225. The highest BCUT2D eigenvalue weighted by Crippen LogP contribution is 2.30. The Morgan fingerprint density at radius 1 is 1.45 bits per heavy atom. The van der Waals surface area contributed by atoms with Gasteiger partial charge in [0.05, 0.1) is 17.2 Å². The first-order valence-corrected chi connectivity index (χ1v) is 8.31. The first-order valence-electron chi connectivity index (χ1n) is 6.49. The highest BCUT2D eigenvalue weighted by molar-refractivity contribution is 7.89. The van der Waals surface area contributed by atoms with Gasteiger partial charge in [-0.1, -0.05) is 24.1 Å². The zero-order valence-corrected chi connectivity index (χ0v) is 12.7. The van der Waals surface area contributed by atoms with E-state index in [9.17, 15) is 17.9 Å². The predicted molar refractivity (Wildman–Crippen MR) is 74.6 cm³/mol. The summed E-state index contributed by atoms with van der Waals surface area (Å²) in [5.41, 5.74) is 0. The Balaban J connectivity index is 2.45. The number of hydrogen-bond acceptors (Lipinski definition) is 3. The molecule has 1 N–H and O–H groups in total. The van der Waals surface area contributed by atoms with E-state index in [0.29, 0.717) is 12.8 Å². The van der Waals surface area contributed by atoms with Crippen LogP contribution in [0.2, 0.25) is 5.02 Å². The van der Waals surface area contributed by atoms with E-state index in [2.05, 4.69) is 0 Å². The second-order valence-corrected chi connectivity index (χ2v) is 7.24. The van der Waals surface area contributed by atoms with Crippen LogP contribution >= 0.6 is 11.6 Å². The number of nitrogens with zero attached hydrogens (tertiary/aromatic N) is 1. The molecule has 1 heterocycles. The van der Waals surface area contributed by atoms with Crippen molar-refractivity contribution in [1.82, 2.24) is 4.31 Å². The molecular weight excluding hydrogens is 305 g/mol. The van der Waals surface area contributed by atoms with Crippen LogP contribution in [-0.2, 0) is 10.0 Å². The predicted octanol–water partition coefficient (Wildman–Crippen LogP) is 2.40. The van der Waals surface area contributed by atoms with E-state index in [1.807, 2.05) is 0 Å². The van der Waals surface area contributed by atoms with Crippen molar-refractivity contribution in [3.05, 3.63) is 29.0 Å². The summed E-state index contributed by atoms with van der Waals surface area (Å²) in [4.78, 5) is -0.433. The fourth-order valence-corrected chi connectivity index (χ4v) is 4.60. The molecule has 2 unspecified atom stereocenters. The molecule has 0 spiro atoms. The molecule has 2 rings (SSSR count). The van der Waals surface area contributed by atoms with E-state index in [1.165, 1.54) is 22.5 Å². The van der Waals surface area contributed by atoms with Gasteiger partial charge in [0.2, 0.25) is 10.0 Å². The molecule has 4 nitrogen and oxygen atoms in total. The second-order valence-electron chi connectivity index (χ2n) is 4.97. The Hall–Kier alpha value is -0.690. The van der Waals surface area contributed by atoms with Crippen LogP contribution in [0.5, 0.6) is 0 Å². The molecule has 1 saturated heterocycles. The number of sulfonamides is 1. The molecule has 1 aromatic carbocycles. The van der Waals surface area contributed by atoms with Gasteiger partial charge in [0, 0.05) is 6.54 Å². The summed E-state index contributed by atoms with van der Waals surface area (Å²) < 4.78 is 40.4. The van der Waals surface area contributed by atoms with Crippen molar-refractivity contribution in [2.45, 2.75) is 43.2 Å². The van der Waals surface area contributed by atoms with Gasteiger partial charge in [-0.25, -0.2) is 12.8 Å². The number of benzene rings is 1. The SMILES string of the molecule is CC(O)C1CCCCN1S(=O)(=O)c1cccc(Cl)c1F. The van der Waals surface area contributed by atoms with Gasteiger partial charge in [-0.2, -0.15) is 4.31 Å². The standard InChI is InChI=1S/C13H17ClFNO3S/c1-9(17)11-6-2-3-8-16(11)20(18,19)12-7-4-5-10(14)13(12)15/h4-5,7,9,11,17H,2-3,6,8H2,1H3. The second kappa shape index (κ2) is 5.97. The molecule has 1 aromatic rings. The molecule has 112 valence electrons. The zero-order valence-electron chi connectivity index (χ0n) is 11.1. The maximum atomic E-state index is 14.0. The number of aliphatic hydroxyl groups excluding tert-OH is 1. The highest BCUT2D eigenvalue weighted by Gasteiger charge is 2.37. The molecule has 1 aliphatic heterocycles. The fourth-order valence-electron chi connectivity index (χ4n) is 2.52. The van der Waals surface area contributed by atoms with Crippen molar-refractivity contribution < 1.29 is 17.9 Å². The van der Waals surface area contributed by atoms with Crippen LogP contribution in [0.1, 0.15) is 26.2 Å². The minimum atomic E-state index is -4.00. The number of aliphatic hydroxyl groups is 1. The van der Waals surface area contributed by atoms with E-state index in [0.717, 1.165) is 6.42 Å². The quantitative estimate of drug-likeness (QED) is 0.930. The minimum Gasteiger partial charge on any atom is -0.392 e. The zero-order chi connectivity index (χ0) is 14.9. The van der Waals surface area contributed by atoms with Crippen LogP contribution in [0.15, 0.2) is 23.1 Å². The highest BCUT2D eigenvalue weighted by atomic mass is 35.5. The van der Waals surface area contributed by atoms with E-state index >= 15 is 0 Å². The molecule has 0 amide bonds. The Labute approximate surface area is 123 Å². The first kappa shape index (κ1) is 15.7. The van der Waals surface area contributed by atoms with Crippen molar-refractivity contribution in [3.63, 3.8) is 0 Å². The van der Waals surface area contributed by atoms with E-state index in [-0.39, 0.29) is 11.6 Å². The van der Waals surface area contributed by atoms with Crippen LogP contribution < -0.4 is 0 Å². The van der Waals surface area contributed by atoms with Crippen molar-refractivity contribution in [3.8, 4) is 0 Å². The van der Waals surface area contributed by atoms with Gasteiger partial charge in [0.15, 0.2) is 5.82 Å². The number of halogens is 2. The molecular formula is C13H17ClFNO3S. The topological polar surface area (TPSA) is 57.6 Å². The third-order valence-electron chi connectivity index (χ3n) is 3.56. The molecule has 0 aliphatic carbocycles. The van der Waals surface area contributed by atoms with E-state index in [4.69, 9.17) is 11.6 Å². The van der Waals surface area contributed by atoms with Crippen LogP contribution in [0.3, 0.4) is 0 Å². The number of piperidine rings is 1. The van der Waals surface area contributed by atoms with Gasteiger partial charge >= 0.3 is 0 Å². The molecule has 20 heavy (non-hydrogen) atoms. The lowest BCUT2D eigenvalue weighted by atomic mass is 10.0. The summed E-state index contributed by atoms with van der Waals surface area (Å²) in [7, 11) is -4.00. The van der Waals surface area contributed by atoms with Gasteiger partial charge < -0.3 is 5.11 Å². The van der Waals surface area contributed by atoms with Crippen LogP contribution in [0.4, 0.5) is 4.39 Å². The Morgan fingerprint density at radius 3 is 2.80 bits per heavy atom. The van der Waals surface area contributed by atoms with Crippen LogP contribution in [0.25, 0.3) is 0 Å². The van der Waals surface area contributed by atoms with Crippen LogP contribution in [0, 0.1) is 5.82 Å². The molecule has 0 bridgehead atoms.